The lowest BCUT2D eigenvalue weighted by Gasteiger charge is -2.31. The maximum atomic E-state index is 12.7. The molecule has 0 saturated carbocycles. The molecule has 0 aromatic rings. The number of aliphatic hydroxyl groups is 1. The van der Waals surface area contributed by atoms with E-state index in [9.17, 15) is 27.9 Å². The van der Waals surface area contributed by atoms with Gasteiger partial charge in [-0.2, -0.15) is 13.2 Å². The van der Waals surface area contributed by atoms with E-state index in [0.29, 0.717) is 6.92 Å². The largest absolute Gasteiger partial charge is 0.479 e. The SMILES string of the molecule is COCC(O)CN(C)C(=O)NC(C)(C(=O)O)C(F)(F)F. The van der Waals surface area contributed by atoms with Crippen molar-refractivity contribution in [3.63, 3.8) is 0 Å². The highest BCUT2D eigenvalue weighted by Gasteiger charge is 2.58. The first kappa shape index (κ1) is 18.4. The molecule has 0 aliphatic carbocycles. The van der Waals surface area contributed by atoms with Gasteiger partial charge in [-0.15, -0.1) is 0 Å². The Balaban J connectivity index is 4.83. The fourth-order valence-corrected chi connectivity index (χ4v) is 1.20. The molecule has 0 rings (SSSR count). The zero-order valence-electron chi connectivity index (χ0n) is 11.2. The summed E-state index contributed by atoms with van der Waals surface area (Å²) in [4.78, 5) is 23.0. The summed E-state index contributed by atoms with van der Waals surface area (Å²) >= 11 is 0. The van der Waals surface area contributed by atoms with Crippen LogP contribution in [-0.2, 0) is 9.53 Å². The summed E-state index contributed by atoms with van der Waals surface area (Å²) in [5.74, 6) is -2.23. The van der Waals surface area contributed by atoms with Gasteiger partial charge in [0.25, 0.3) is 0 Å². The number of rotatable bonds is 6. The predicted octanol–water partition coefficient (Wildman–Crippen LogP) is 0.0407. The molecule has 7 nitrogen and oxygen atoms in total. The monoisotopic (exact) mass is 302 g/mol. The van der Waals surface area contributed by atoms with Gasteiger partial charge in [0.1, 0.15) is 0 Å². The third-order valence-corrected chi connectivity index (χ3v) is 2.54. The number of carbonyl (C=O) groups excluding carboxylic acids is 1. The maximum absolute atomic E-state index is 12.7. The van der Waals surface area contributed by atoms with E-state index in [1.807, 2.05) is 0 Å². The molecule has 0 aliphatic rings. The predicted molar refractivity (Wildman–Crippen MR) is 61.1 cm³/mol. The smallest absolute Gasteiger partial charge is 0.422 e. The highest BCUT2D eigenvalue weighted by molar-refractivity contribution is 5.86. The maximum Gasteiger partial charge on any atom is 0.422 e. The Hall–Kier alpha value is -1.55. The first-order chi connectivity index (χ1) is 8.95. The first-order valence-corrected chi connectivity index (χ1v) is 5.46. The fourth-order valence-electron chi connectivity index (χ4n) is 1.20. The van der Waals surface area contributed by atoms with Crippen LogP contribution in [0, 0.1) is 0 Å². The average Bonchev–Trinajstić information content (AvgIpc) is 2.26. The summed E-state index contributed by atoms with van der Waals surface area (Å²) in [7, 11) is 2.42. The van der Waals surface area contributed by atoms with E-state index in [2.05, 4.69) is 4.74 Å². The van der Waals surface area contributed by atoms with Crippen molar-refractivity contribution in [1.82, 2.24) is 10.2 Å². The zero-order valence-corrected chi connectivity index (χ0v) is 11.2. The summed E-state index contributed by atoms with van der Waals surface area (Å²) in [5.41, 5.74) is -3.41. The summed E-state index contributed by atoms with van der Waals surface area (Å²) in [6.45, 7) is -0.0903. The Kier molecular flexibility index (Phi) is 6.23. The minimum atomic E-state index is -5.17. The van der Waals surface area contributed by atoms with Crippen molar-refractivity contribution >= 4 is 12.0 Å². The number of carbonyl (C=O) groups is 2. The van der Waals surface area contributed by atoms with E-state index >= 15 is 0 Å². The molecule has 0 saturated heterocycles. The van der Waals surface area contributed by atoms with Gasteiger partial charge in [0.2, 0.25) is 5.54 Å². The standard InChI is InChI=1S/C10H17F3N2O5/c1-9(7(17)18,10(11,12)13)14-8(19)15(2)4-6(16)5-20-3/h6,16H,4-5H2,1-3H3,(H,14,19)(H,17,18). The number of halogens is 3. The number of alkyl halides is 3. The van der Waals surface area contributed by atoms with E-state index in [-0.39, 0.29) is 13.2 Å². The van der Waals surface area contributed by atoms with Crippen LogP contribution in [0.5, 0.6) is 0 Å². The van der Waals surface area contributed by atoms with Crippen LogP contribution in [0.4, 0.5) is 18.0 Å². The number of aliphatic hydroxyl groups excluding tert-OH is 1. The highest BCUT2D eigenvalue weighted by atomic mass is 19.4. The van der Waals surface area contributed by atoms with E-state index in [4.69, 9.17) is 5.11 Å². The number of amides is 2. The Bertz CT molecular complexity index is 363. The van der Waals surface area contributed by atoms with Crippen molar-refractivity contribution in [2.24, 2.45) is 0 Å². The molecule has 0 aromatic heterocycles. The Morgan fingerprint density at radius 1 is 1.40 bits per heavy atom. The van der Waals surface area contributed by atoms with Gasteiger partial charge in [-0.1, -0.05) is 0 Å². The van der Waals surface area contributed by atoms with Gasteiger partial charge in [-0.05, 0) is 6.92 Å². The summed E-state index contributed by atoms with van der Waals surface area (Å²) in [6, 6.07) is -1.28. The van der Waals surface area contributed by atoms with Crippen LogP contribution in [0.25, 0.3) is 0 Å². The summed E-state index contributed by atoms with van der Waals surface area (Å²) in [6.07, 6.45) is -6.27. The lowest BCUT2D eigenvalue weighted by atomic mass is 10.0. The number of methoxy groups -OCH3 is 1. The van der Waals surface area contributed by atoms with Crippen LogP contribution in [0.1, 0.15) is 6.92 Å². The highest BCUT2D eigenvalue weighted by Crippen LogP contribution is 2.30. The molecule has 0 bridgehead atoms. The van der Waals surface area contributed by atoms with Gasteiger partial charge in [0.05, 0.1) is 19.3 Å². The molecule has 2 amide bonds. The number of nitrogens with one attached hydrogen (secondary N) is 1. The van der Waals surface area contributed by atoms with E-state index < -0.39 is 29.8 Å². The third-order valence-electron chi connectivity index (χ3n) is 2.54. The van der Waals surface area contributed by atoms with Gasteiger partial charge < -0.3 is 25.2 Å². The van der Waals surface area contributed by atoms with Crippen LogP contribution < -0.4 is 5.32 Å². The van der Waals surface area contributed by atoms with Crippen molar-refractivity contribution in [2.45, 2.75) is 24.7 Å². The Morgan fingerprint density at radius 3 is 2.25 bits per heavy atom. The van der Waals surface area contributed by atoms with E-state index in [0.717, 1.165) is 11.9 Å². The number of ether oxygens (including phenoxy) is 1. The van der Waals surface area contributed by atoms with Gasteiger partial charge in [-0.3, -0.25) is 0 Å². The Morgan fingerprint density at radius 2 is 1.90 bits per heavy atom. The molecule has 118 valence electrons. The second-order valence-electron chi connectivity index (χ2n) is 4.35. The van der Waals surface area contributed by atoms with Gasteiger partial charge >= 0.3 is 18.2 Å². The molecule has 2 unspecified atom stereocenters. The molecule has 0 spiro atoms. The number of hydrogen-bond donors (Lipinski definition) is 3. The number of hydrogen-bond acceptors (Lipinski definition) is 4. The van der Waals surface area contributed by atoms with Crippen molar-refractivity contribution in [1.29, 1.82) is 0 Å². The number of carboxylic acid groups (broad SMARTS) is 1. The topological polar surface area (TPSA) is 99.1 Å². The van der Waals surface area contributed by atoms with Gasteiger partial charge in [0.15, 0.2) is 0 Å². The molecular weight excluding hydrogens is 285 g/mol. The molecule has 0 heterocycles. The van der Waals surface area contributed by atoms with Crippen LogP contribution in [0.2, 0.25) is 0 Å². The second kappa shape index (κ2) is 6.75. The van der Waals surface area contributed by atoms with Gasteiger partial charge in [-0.25, -0.2) is 9.59 Å². The number of nitrogens with zero attached hydrogens (tertiary/aromatic N) is 1. The van der Waals surface area contributed by atoms with Crippen LogP contribution in [0.15, 0.2) is 0 Å². The molecule has 0 aromatic carbocycles. The number of carboxylic acids is 1. The average molecular weight is 302 g/mol. The quantitative estimate of drug-likeness (QED) is 0.643. The first-order valence-electron chi connectivity index (χ1n) is 5.46. The third kappa shape index (κ3) is 4.53. The lowest BCUT2D eigenvalue weighted by Crippen LogP contribution is -2.64. The number of likely N-dealkylation sites (N-methyl/N-ethyl adjacent to an activating group) is 1. The summed E-state index contributed by atoms with van der Waals surface area (Å²) < 4.78 is 42.6. The molecular formula is C10H17F3N2O5. The minimum absolute atomic E-state index is 0.118. The normalized spacial score (nSPS) is 16.1. The minimum Gasteiger partial charge on any atom is -0.479 e. The molecule has 20 heavy (non-hydrogen) atoms. The van der Waals surface area contributed by atoms with Gasteiger partial charge in [0, 0.05) is 14.2 Å². The van der Waals surface area contributed by atoms with E-state index in [1.165, 1.54) is 12.4 Å². The summed E-state index contributed by atoms with van der Waals surface area (Å²) in [5, 5.41) is 19.4. The molecule has 0 fully saturated rings. The van der Waals surface area contributed by atoms with Crippen molar-refractivity contribution in [3.05, 3.63) is 0 Å². The Labute approximate surface area is 113 Å². The van der Waals surface area contributed by atoms with E-state index in [1.54, 1.807) is 0 Å². The molecule has 10 heteroatoms. The zero-order chi connectivity index (χ0) is 16.1. The molecule has 0 aliphatic heterocycles. The van der Waals surface area contributed by atoms with Crippen molar-refractivity contribution < 1.29 is 37.7 Å². The van der Waals surface area contributed by atoms with Crippen molar-refractivity contribution in [3.8, 4) is 0 Å². The second-order valence-corrected chi connectivity index (χ2v) is 4.35. The number of aliphatic carboxylic acids is 1. The van der Waals surface area contributed by atoms with Crippen LogP contribution >= 0.6 is 0 Å². The molecule has 0 radical (unpaired) electrons. The number of urea groups is 1. The van der Waals surface area contributed by atoms with Crippen molar-refractivity contribution in [2.75, 3.05) is 27.3 Å². The lowest BCUT2D eigenvalue weighted by molar-refractivity contribution is -0.203. The fraction of sp³-hybridized carbons (Fsp3) is 0.800. The molecule has 2 atom stereocenters. The van der Waals surface area contributed by atoms with Crippen LogP contribution in [0.3, 0.4) is 0 Å². The van der Waals surface area contributed by atoms with Crippen LogP contribution in [-0.4, -0.2) is 72.2 Å². The molecule has 3 N–H and O–H groups in total.